The molecule has 0 aliphatic heterocycles. The molecule has 0 aliphatic rings. The van der Waals surface area contributed by atoms with Crippen LogP contribution in [0.4, 0.5) is 0 Å². The van der Waals surface area contributed by atoms with E-state index in [1.807, 2.05) is 11.3 Å². The Morgan fingerprint density at radius 3 is 0.978 bits per heavy atom. The number of nitrogens with zero attached hydrogens (tertiary/aromatic N) is 3. The van der Waals surface area contributed by atoms with E-state index in [9.17, 15) is 0 Å². The monoisotopic (exact) mass is 1170 g/mol. The molecule has 0 saturated carbocycles. The van der Waals surface area contributed by atoms with Crippen LogP contribution < -0.4 is 20.7 Å². The second-order valence-electron chi connectivity index (χ2n) is 23.1. The topological polar surface area (TPSA) is 14.8 Å². The summed E-state index contributed by atoms with van der Waals surface area (Å²) in [7, 11) is -2.88. The number of para-hydroxylation sites is 6. The van der Waals surface area contributed by atoms with E-state index in [0.29, 0.717) is 0 Å². The first-order valence-electron chi connectivity index (χ1n) is 30.6. The molecule has 4 heterocycles. The maximum Gasteiger partial charge on any atom is 0.179 e. The van der Waals surface area contributed by atoms with Crippen LogP contribution in [0.3, 0.4) is 0 Å². The van der Waals surface area contributed by atoms with Gasteiger partial charge in [0.05, 0.1) is 33.1 Å². The first-order chi connectivity index (χ1) is 44.2. The van der Waals surface area contributed by atoms with Crippen molar-refractivity contribution in [1.82, 2.24) is 13.7 Å². The molecule has 0 radical (unpaired) electrons. The van der Waals surface area contributed by atoms with Gasteiger partial charge in [0.1, 0.15) is 0 Å². The van der Waals surface area contributed by atoms with Crippen LogP contribution in [0.25, 0.3) is 125 Å². The third kappa shape index (κ3) is 8.61. The van der Waals surface area contributed by atoms with Gasteiger partial charge in [-0.3, -0.25) is 0 Å². The van der Waals surface area contributed by atoms with Crippen LogP contribution in [0, 0.1) is 0 Å². The Hall–Kier alpha value is -11.1. The van der Waals surface area contributed by atoms with Crippen LogP contribution in [-0.2, 0) is 0 Å². The SMILES string of the molecule is c1cc(-c2cccc(-n3c4ccccc4c4ccccc43)c2)cc(-c2cccc3c2sc2ccccc23)c1.c1ccc([Si](c2ccccc2)(c2cccc(-n3c4ccccc4c4ccccc43)c2)c2cccc(-n3c4ccccc4c4ccccc43)c2)cc1. The molecule has 5 heteroatoms. The van der Waals surface area contributed by atoms with Gasteiger partial charge >= 0.3 is 0 Å². The van der Waals surface area contributed by atoms with Gasteiger partial charge in [-0.25, -0.2) is 0 Å². The summed E-state index contributed by atoms with van der Waals surface area (Å²) >= 11 is 1.88. The smallest absolute Gasteiger partial charge is 0.179 e. The number of aromatic nitrogens is 3. The second kappa shape index (κ2) is 21.7. The van der Waals surface area contributed by atoms with Crippen molar-refractivity contribution in [3.05, 3.63) is 346 Å². The summed E-state index contributed by atoms with van der Waals surface area (Å²) in [6.07, 6.45) is 0. The Balaban J connectivity index is 0.000000144. The van der Waals surface area contributed by atoms with Crippen molar-refractivity contribution >= 4 is 126 Å². The largest absolute Gasteiger partial charge is 0.309 e. The van der Waals surface area contributed by atoms with Crippen LogP contribution in [-0.4, -0.2) is 21.8 Å². The Labute approximate surface area is 521 Å². The summed E-state index contributed by atoms with van der Waals surface area (Å²) in [6.45, 7) is 0. The molecule has 0 amide bonds. The molecule has 3 nitrogen and oxygen atoms in total. The van der Waals surface area contributed by atoms with Gasteiger partial charge in [-0.1, -0.05) is 261 Å². The number of thiophene rings is 1. The molecular weight excluding hydrogens is 1110 g/mol. The molecule has 0 N–H and O–H groups in total. The maximum atomic E-state index is 2.47. The third-order valence-corrected chi connectivity index (χ3v) is 24.2. The van der Waals surface area contributed by atoms with Gasteiger partial charge < -0.3 is 13.7 Å². The van der Waals surface area contributed by atoms with Crippen molar-refractivity contribution in [2.45, 2.75) is 0 Å². The average Bonchev–Trinajstić information content (AvgIpc) is 2.06. The van der Waals surface area contributed by atoms with Gasteiger partial charge in [-0.2, -0.15) is 0 Å². The van der Waals surface area contributed by atoms with Crippen molar-refractivity contribution in [3.8, 4) is 39.3 Å². The molecule has 0 unspecified atom stereocenters. The quantitative estimate of drug-likeness (QED) is 0.101. The Morgan fingerprint density at radius 2 is 0.528 bits per heavy atom. The van der Waals surface area contributed by atoms with E-state index in [1.54, 1.807) is 0 Å². The van der Waals surface area contributed by atoms with Crippen molar-refractivity contribution in [2.75, 3.05) is 0 Å². The Kier molecular flexibility index (Phi) is 12.7. The van der Waals surface area contributed by atoms with Crippen molar-refractivity contribution in [2.24, 2.45) is 0 Å². The normalized spacial score (nSPS) is 11.8. The summed E-state index contributed by atoms with van der Waals surface area (Å²) < 4.78 is 9.96. The van der Waals surface area contributed by atoms with Crippen LogP contribution in [0.2, 0.25) is 0 Å². The van der Waals surface area contributed by atoms with Crippen LogP contribution in [0.15, 0.2) is 346 Å². The molecule has 0 spiro atoms. The average molecular weight is 1170 g/mol. The zero-order valence-corrected chi connectivity index (χ0v) is 50.5. The van der Waals surface area contributed by atoms with Crippen molar-refractivity contribution in [1.29, 1.82) is 0 Å². The van der Waals surface area contributed by atoms with Gasteiger partial charge in [0.2, 0.25) is 0 Å². The first-order valence-corrected chi connectivity index (χ1v) is 33.4. The Bertz CT molecular complexity index is 5350. The fourth-order valence-electron chi connectivity index (χ4n) is 14.4. The summed E-state index contributed by atoms with van der Waals surface area (Å²) in [4.78, 5) is 0. The molecular formula is C84H57N3SSi. The minimum Gasteiger partial charge on any atom is -0.309 e. The molecule has 0 atom stereocenters. The van der Waals surface area contributed by atoms with Crippen LogP contribution >= 0.6 is 11.3 Å². The van der Waals surface area contributed by atoms with Crippen LogP contribution in [0.5, 0.6) is 0 Å². The lowest BCUT2D eigenvalue weighted by atomic mass is 9.97. The van der Waals surface area contributed by atoms with Gasteiger partial charge in [0, 0.05) is 69.6 Å². The number of rotatable bonds is 9. The highest BCUT2D eigenvalue weighted by atomic mass is 32.1. The van der Waals surface area contributed by atoms with E-state index in [2.05, 4.69) is 359 Å². The predicted molar refractivity (Wildman–Crippen MR) is 383 cm³/mol. The zero-order valence-electron chi connectivity index (χ0n) is 48.7. The first kappa shape index (κ1) is 52.3. The summed E-state index contributed by atoms with van der Waals surface area (Å²) in [5, 5.41) is 15.7. The van der Waals surface area contributed by atoms with Gasteiger partial charge in [-0.15, -0.1) is 11.3 Å². The Morgan fingerprint density at radius 1 is 0.213 bits per heavy atom. The van der Waals surface area contributed by atoms with E-state index in [0.717, 1.165) is 0 Å². The fraction of sp³-hybridized carbons (Fsp3) is 0. The maximum absolute atomic E-state index is 2.88. The van der Waals surface area contributed by atoms with E-state index in [4.69, 9.17) is 0 Å². The number of hydrogen-bond donors (Lipinski definition) is 0. The lowest BCUT2D eigenvalue weighted by molar-refractivity contribution is 1.18. The van der Waals surface area contributed by atoms with Gasteiger partial charge in [-0.05, 0) is 128 Å². The summed E-state index contributed by atoms with van der Waals surface area (Å²) in [6, 6.07) is 127. The minimum atomic E-state index is -2.88. The molecule has 14 aromatic carbocycles. The number of hydrogen-bond acceptors (Lipinski definition) is 1. The van der Waals surface area contributed by atoms with Crippen molar-refractivity contribution in [3.63, 3.8) is 0 Å². The van der Waals surface area contributed by atoms with E-state index in [-0.39, 0.29) is 0 Å². The molecule has 4 aromatic heterocycles. The lowest BCUT2D eigenvalue weighted by Gasteiger charge is -2.35. The second-order valence-corrected chi connectivity index (χ2v) is 28.0. The van der Waals surface area contributed by atoms with E-state index < -0.39 is 8.07 Å². The minimum absolute atomic E-state index is 1.17. The summed E-state index contributed by atoms with van der Waals surface area (Å²) in [5.41, 5.74) is 15.9. The zero-order chi connectivity index (χ0) is 58.8. The number of fused-ring (bicyclic) bond motifs is 12. The molecule has 0 aliphatic carbocycles. The highest BCUT2D eigenvalue weighted by molar-refractivity contribution is 7.26. The van der Waals surface area contributed by atoms with Crippen molar-refractivity contribution < 1.29 is 0 Å². The highest BCUT2D eigenvalue weighted by Crippen LogP contribution is 2.42. The van der Waals surface area contributed by atoms with E-state index >= 15 is 0 Å². The van der Waals surface area contributed by atoms with Crippen LogP contribution in [0.1, 0.15) is 0 Å². The standard InChI is InChI=1S/C48H34N2Si.C36H23NS/c1-3-19-37(20-4-1)51(38-21-5-2-6-22-38,39-23-15-17-35(33-39)49-45-29-11-7-25-41(45)42-26-8-12-30-46(42)49)40-24-16-18-36(34-40)50-47-31-13-9-27-43(47)44-28-10-14-32-48(44)50;1-4-19-33-29(14-1)30-15-2-5-20-34(30)37(33)27-13-8-11-25(23-27)24-10-7-12-26(22-24)28-17-9-18-32-31-16-3-6-21-35(31)38-36(28)32/h1-34H;1-23H. The molecule has 0 fully saturated rings. The molecule has 0 bridgehead atoms. The van der Waals surface area contributed by atoms with Gasteiger partial charge in [0.25, 0.3) is 0 Å². The molecule has 418 valence electrons. The fourth-order valence-corrected chi connectivity index (χ4v) is 20.4. The molecule has 18 aromatic rings. The predicted octanol–water partition coefficient (Wildman–Crippen LogP) is 19.7. The number of benzene rings is 14. The lowest BCUT2D eigenvalue weighted by Crippen LogP contribution is -2.74. The van der Waals surface area contributed by atoms with Gasteiger partial charge in [0.15, 0.2) is 8.07 Å². The van der Waals surface area contributed by atoms with E-state index in [1.165, 1.54) is 146 Å². The molecule has 0 saturated heterocycles. The third-order valence-electron chi connectivity index (χ3n) is 18.2. The highest BCUT2D eigenvalue weighted by Gasteiger charge is 2.42. The molecule has 89 heavy (non-hydrogen) atoms. The summed E-state index contributed by atoms with van der Waals surface area (Å²) in [5.74, 6) is 0. The molecule has 18 rings (SSSR count).